The average molecular weight is 285 g/mol. The molecule has 0 heterocycles. The minimum atomic E-state index is 0.581. The standard InChI is InChI=1S/C20H31N/c1-4-21-20(19-13-16-8-9-17(19)11-16)18-7-5-6-15(12-18)10-14(2)3/h5-7,12,14,16-17,19-21H,4,8-11,13H2,1-3H3. The van der Waals surface area contributed by atoms with Gasteiger partial charge in [0.1, 0.15) is 0 Å². The molecule has 2 aliphatic rings. The Balaban J connectivity index is 1.80. The van der Waals surface area contributed by atoms with E-state index in [0.29, 0.717) is 6.04 Å². The molecule has 3 rings (SSSR count). The van der Waals surface area contributed by atoms with Gasteiger partial charge in [-0.25, -0.2) is 0 Å². The normalized spacial score (nSPS) is 29.2. The van der Waals surface area contributed by atoms with Gasteiger partial charge in [-0.2, -0.15) is 0 Å². The van der Waals surface area contributed by atoms with Crippen LogP contribution in [0, 0.1) is 23.7 Å². The van der Waals surface area contributed by atoms with Crippen molar-refractivity contribution in [2.45, 2.75) is 58.9 Å². The lowest BCUT2D eigenvalue weighted by Crippen LogP contribution is -2.31. The molecule has 1 aromatic rings. The molecule has 0 aliphatic heterocycles. The van der Waals surface area contributed by atoms with Gasteiger partial charge in [0.05, 0.1) is 0 Å². The molecule has 2 saturated carbocycles. The number of rotatable bonds is 6. The molecule has 2 aliphatic carbocycles. The van der Waals surface area contributed by atoms with Crippen molar-refractivity contribution in [3.8, 4) is 0 Å². The van der Waals surface area contributed by atoms with Crippen LogP contribution in [0.2, 0.25) is 0 Å². The maximum absolute atomic E-state index is 3.81. The van der Waals surface area contributed by atoms with Crippen molar-refractivity contribution >= 4 is 0 Å². The highest BCUT2D eigenvalue weighted by Crippen LogP contribution is 2.52. The summed E-state index contributed by atoms with van der Waals surface area (Å²) in [5.41, 5.74) is 3.04. The van der Waals surface area contributed by atoms with Crippen LogP contribution in [0.1, 0.15) is 63.6 Å². The summed E-state index contributed by atoms with van der Waals surface area (Å²) in [6, 6.07) is 9.97. The van der Waals surface area contributed by atoms with Gasteiger partial charge in [0.15, 0.2) is 0 Å². The van der Waals surface area contributed by atoms with Gasteiger partial charge in [0.2, 0.25) is 0 Å². The van der Waals surface area contributed by atoms with E-state index in [9.17, 15) is 0 Å². The molecule has 0 spiro atoms. The maximum atomic E-state index is 3.81. The van der Waals surface area contributed by atoms with E-state index in [2.05, 4.69) is 50.4 Å². The zero-order chi connectivity index (χ0) is 14.8. The molecule has 0 amide bonds. The third kappa shape index (κ3) is 3.34. The smallest absolute Gasteiger partial charge is 0.0351 e. The molecule has 2 bridgehead atoms. The molecule has 4 atom stereocenters. The highest BCUT2D eigenvalue weighted by molar-refractivity contribution is 5.27. The van der Waals surface area contributed by atoms with Crippen LogP contribution < -0.4 is 5.32 Å². The molecule has 4 unspecified atom stereocenters. The predicted molar refractivity (Wildman–Crippen MR) is 90.3 cm³/mol. The average Bonchev–Trinajstić information content (AvgIpc) is 3.07. The number of fused-ring (bicyclic) bond motifs is 2. The summed E-state index contributed by atoms with van der Waals surface area (Å²) in [5, 5.41) is 3.81. The van der Waals surface area contributed by atoms with E-state index in [-0.39, 0.29) is 0 Å². The van der Waals surface area contributed by atoms with Gasteiger partial charge in [-0.1, -0.05) is 51.5 Å². The highest BCUT2D eigenvalue weighted by atomic mass is 14.9. The van der Waals surface area contributed by atoms with Crippen LogP contribution in [0.3, 0.4) is 0 Å². The van der Waals surface area contributed by atoms with Gasteiger partial charge in [-0.15, -0.1) is 0 Å². The van der Waals surface area contributed by atoms with Crippen LogP contribution in [0.25, 0.3) is 0 Å². The first-order valence-corrected chi connectivity index (χ1v) is 8.99. The van der Waals surface area contributed by atoms with E-state index < -0.39 is 0 Å². The van der Waals surface area contributed by atoms with Crippen LogP contribution in [0.15, 0.2) is 24.3 Å². The van der Waals surface area contributed by atoms with Crippen LogP contribution in [0.5, 0.6) is 0 Å². The van der Waals surface area contributed by atoms with Crippen molar-refractivity contribution in [2.24, 2.45) is 23.7 Å². The van der Waals surface area contributed by atoms with Crippen LogP contribution in [-0.2, 0) is 6.42 Å². The van der Waals surface area contributed by atoms with E-state index in [0.717, 1.165) is 30.2 Å². The molecular weight excluding hydrogens is 254 g/mol. The Morgan fingerprint density at radius 1 is 1.19 bits per heavy atom. The van der Waals surface area contributed by atoms with Gasteiger partial charge in [0.25, 0.3) is 0 Å². The van der Waals surface area contributed by atoms with Crippen molar-refractivity contribution in [1.29, 1.82) is 0 Å². The summed E-state index contributed by atoms with van der Waals surface area (Å²) in [5.74, 6) is 3.62. The minimum Gasteiger partial charge on any atom is -0.310 e. The fourth-order valence-electron chi connectivity index (χ4n) is 4.82. The van der Waals surface area contributed by atoms with Crippen molar-refractivity contribution in [3.05, 3.63) is 35.4 Å². The first-order valence-electron chi connectivity index (χ1n) is 8.99. The second-order valence-electron chi connectivity index (χ2n) is 7.72. The minimum absolute atomic E-state index is 0.581. The van der Waals surface area contributed by atoms with Crippen LogP contribution in [0.4, 0.5) is 0 Å². The van der Waals surface area contributed by atoms with Crippen LogP contribution in [-0.4, -0.2) is 6.54 Å². The molecule has 116 valence electrons. The van der Waals surface area contributed by atoms with Gasteiger partial charge < -0.3 is 5.32 Å². The lowest BCUT2D eigenvalue weighted by atomic mass is 9.80. The van der Waals surface area contributed by atoms with Crippen molar-refractivity contribution in [3.63, 3.8) is 0 Å². The number of nitrogens with one attached hydrogen (secondary N) is 1. The highest BCUT2D eigenvalue weighted by Gasteiger charge is 2.43. The summed E-state index contributed by atoms with van der Waals surface area (Å²) in [7, 11) is 0. The molecule has 1 nitrogen and oxygen atoms in total. The Morgan fingerprint density at radius 2 is 2.05 bits per heavy atom. The number of benzene rings is 1. The molecule has 1 heteroatoms. The Labute approximate surface area is 130 Å². The van der Waals surface area contributed by atoms with Gasteiger partial charge in [-0.05, 0) is 67.0 Å². The third-order valence-corrected chi connectivity index (χ3v) is 5.60. The van der Waals surface area contributed by atoms with E-state index in [1.54, 1.807) is 0 Å². The summed E-state index contributed by atoms with van der Waals surface area (Å²) >= 11 is 0. The fraction of sp³-hybridized carbons (Fsp3) is 0.700. The number of hydrogen-bond donors (Lipinski definition) is 1. The SMILES string of the molecule is CCNC(c1cccc(CC(C)C)c1)C1CC2CCC1C2. The zero-order valence-corrected chi connectivity index (χ0v) is 13.9. The Hall–Kier alpha value is -0.820. The maximum Gasteiger partial charge on any atom is 0.0351 e. The molecule has 1 aromatic carbocycles. The molecule has 0 radical (unpaired) electrons. The van der Waals surface area contributed by atoms with Crippen LogP contribution >= 0.6 is 0 Å². The van der Waals surface area contributed by atoms with Crippen molar-refractivity contribution < 1.29 is 0 Å². The third-order valence-electron chi connectivity index (χ3n) is 5.60. The number of hydrogen-bond acceptors (Lipinski definition) is 1. The van der Waals surface area contributed by atoms with E-state index >= 15 is 0 Å². The zero-order valence-electron chi connectivity index (χ0n) is 13.9. The molecule has 0 aromatic heterocycles. The van der Waals surface area contributed by atoms with Gasteiger partial charge in [-0.3, -0.25) is 0 Å². The fourth-order valence-corrected chi connectivity index (χ4v) is 4.82. The first kappa shape index (κ1) is 15.1. The predicted octanol–water partition coefficient (Wildman–Crippen LogP) is 4.97. The molecule has 21 heavy (non-hydrogen) atoms. The quantitative estimate of drug-likeness (QED) is 0.778. The lowest BCUT2D eigenvalue weighted by Gasteiger charge is -2.32. The summed E-state index contributed by atoms with van der Waals surface area (Å²) in [6.07, 6.45) is 7.12. The largest absolute Gasteiger partial charge is 0.310 e. The van der Waals surface area contributed by atoms with E-state index in [4.69, 9.17) is 0 Å². The monoisotopic (exact) mass is 285 g/mol. The second-order valence-corrected chi connectivity index (χ2v) is 7.72. The molecular formula is C20H31N. The molecule has 1 N–H and O–H groups in total. The van der Waals surface area contributed by atoms with Crippen molar-refractivity contribution in [2.75, 3.05) is 6.54 Å². The second kappa shape index (κ2) is 6.52. The molecule has 0 saturated heterocycles. The van der Waals surface area contributed by atoms with Crippen molar-refractivity contribution in [1.82, 2.24) is 5.32 Å². The summed E-state index contributed by atoms with van der Waals surface area (Å²) in [4.78, 5) is 0. The molecule has 2 fully saturated rings. The Morgan fingerprint density at radius 3 is 2.67 bits per heavy atom. The van der Waals surface area contributed by atoms with E-state index in [1.807, 2.05) is 0 Å². The topological polar surface area (TPSA) is 12.0 Å². The first-order chi connectivity index (χ1) is 10.2. The van der Waals surface area contributed by atoms with Gasteiger partial charge in [0, 0.05) is 6.04 Å². The van der Waals surface area contributed by atoms with E-state index in [1.165, 1.54) is 43.2 Å². The van der Waals surface area contributed by atoms with Gasteiger partial charge >= 0.3 is 0 Å². The lowest BCUT2D eigenvalue weighted by molar-refractivity contribution is 0.253. The Kier molecular flexibility index (Phi) is 4.69. The Bertz CT molecular complexity index is 465. The summed E-state index contributed by atoms with van der Waals surface area (Å²) in [6.45, 7) is 7.94. The summed E-state index contributed by atoms with van der Waals surface area (Å²) < 4.78 is 0.